The summed E-state index contributed by atoms with van der Waals surface area (Å²) in [6, 6.07) is 42.1. The summed E-state index contributed by atoms with van der Waals surface area (Å²) >= 11 is 3.84. The Hall–Kier alpha value is -3.92. The third-order valence-electron chi connectivity index (χ3n) is 8.54. The van der Waals surface area contributed by atoms with Crippen LogP contribution in [0.1, 0.15) is 47.7 Å². The molecule has 0 saturated heterocycles. The lowest BCUT2D eigenvalue weighted by molar-refractivity contribution is 0.639. The van der Waals surface area contributed by atoms with Crippen LogP contribution < -0.4 is 5.32 Å². The van der Waals surface area contributed by atoms with E-state index in [1.165, 1.54) is 64.1 Å². The number of nitrogens with one attached hydrogen (secondary N) is 1. The van der Waals surface area contributed by atoms with Gasteiger partial charge in [0.2, 0.25) is 0 Å². The van der Waals surface area contributed by atoms with Crippen molar-refractivity contribution in [3.63, 3.8) is 0 Å². The molecule has 8 rings (SSSR count). The van der Waals surface area contributed by atoms with Crippen molar-refractivity contribution < 1.29 is 0 Å². The van der Waals surface area contributed by atoms with Crippen LogP contribution in [0, 0.1) is 0 Å². The fourth-order valence-corrected chi connectivity index (χ4v) is 9.04. The third-order valence-corrected chi connectivity index (χ3v) is 11.1. The average Bonchev–Trinajstić information content (AvgIpc) is 3.26. The number of rotatable bonds is 3. The van der Waals surface area contributed by atoms with Crippen LogP contribution in [-0.2, 0) is 5.41 Å². The molecule has 5 aromatic carbocycles. The van der Waals surface area contributed by atoms with Gasteiger partial charge in [0.25, 0.3) is 0 Å². The predicted octanol–water partition coefficient (Wildman–Crippen LogP) is 10.4. The molecule has 0 spiro atoms. The summed E-state index contributed by atoms with van der Waals surface area (Å²) < 4.78 is 0. The lowest BCUT2D eigenvalue weighted by atomic mass is 9.81. The second-order valence-electron chi connectivity index (χ2n) is 11.4. The minimum absolute atomic E-state index is 0.0703. The lowest BCUT2D eigenvalue weighted by Gasteiger charge is -2.29. The van der Waals surface area contributed by atoms with Crippen LogP contribution in [0.5, 0.6) is 0 Å². The van der Waals surface area contributed by atoms with Crippen molar-refractivity contribution in [1.29, 1.82) is 0 Å². The zero-order valence-corrected chi connectivity index (χ0v) is 24.7. The van der Waals surface area contributed by atoms with E-state index in [1.807, 2.05) is 23.5 Å². The highest BCUT2D eigenvalue weighted by Crippen LogP contribution is 2.58. The van der Waals surface area contributed by atoms with Crippen LogP contribution in [0.2, 0.25) is 0 Å². The molecule has 198 valence electrons. The number of hydrogen-bond acceptors (Lipinski definition) is 3. The molecule has 0 amide bonds. The maximum Gasteiger partial charge on any atom is 0.0707 e. The Morgan fingerprint density at radius 3 is 2.05 bits per heavy atom. The molecule has 41 heavy (non-hydrogen) atoms. The number of benzene rings is 5. The Balaban J connectivity index is 1.21. The molecule has 2 aliphatic heterocycles. The van der Waals surface area contributed by atoms with Crippen LogP contribution >= 0.6 is 23.5 Å². The van der Waals surface area contributed by atoms with Crippen LogP contribution in [-0.4, -0.2) is 0 Å². The Labute approximate surface area is 250 Å². The summed E-state index contributed by atoms with van der Waals surface area (Å²) in [7, 11) is 0. The van der Waals surface area contributed by atoms with Gasteiger partial charge in [-0.25, -0.2) is 0 Å². The van der Waals surface area contributed by atoms with Gasteiger partial charge in [0, 0.05) is 30.7 Å². The van der Waals surface area contributed by atoms with Crippen LogP contribution in [0.25, 0.3) is 22.4 Å². The molecule has 0 fully saturated rings. The van der Waals surface area contributed by atoms with E-state index in [-0.39, 0.29) is 11.5 Å². The van der Waals surface area contributed by atoms with Crippen molar-refractivity contribution in [3.8, 4) is 11.1 Å². The Morgan fingerprint density at radius 1 is 0.634 bits per heavy atom. The van der Waals surface area contributed by atoms with Crippen LogP contribution in [0.4, 0.5) is 0 Å². The molecule has 3 aliphatic rings. The summed E-state index contributed by atoms with van der Waals surface area (Å²) in [5.74, 6) is 0. The van der Waals surface area contributed by atoms with Gasteiger partial charge >= 0.3 is 0 Å². The first kappa shape index (κ1) is 24.8. The molecule has 2 heterocycles. The van der Waals surface area contributed by atoms with E-state index in [2.05, 4.69) is 147 Å². The third kappa shape index (κ3) is 4.10. The summed E-state index contributed by atoms with van der Waals surface area (Å²) in [5.41, 5.74) is 11.7. The predicted molar refractivity (Wildman–Crippen MR) is 173 cm³/mol. The number of fused-ring (bicyclic) bond motifs is 6. The summed E-state index contributed by atoms with van der Waals surface area (Å²) in [4.78, 5) is 5.50. The van der Waals surface area contributed by atoms with Gasteiger partial charge in [0.1, 0.15) is 0 Å². The molecule has 0 bridgehead atoms. The molecular weight excluding hydrogens is 535 g/mol. The summed E-state index contributed by atoms with van der Waals surface area (Å²) in [6.45, 7) is 4.81. The first-order chi connectivity index (χ1) is 20.1. The van der Waals surface area contributed by atoms with Gasteiger partial charge in [0.15, 0.2) is 0 Å². The zero-order chi connectivity index (χ0) is 27.6. The molecule has 1 unspecified atom stereocenters. The quantitative estimate of drug-likeness (QED) is 0.230. The van der Waals surface area contributed by atoms with Crippen LogP contribution in [0.3, 0.4) is 0 Å². The van der Waals surface area contributed by atoms with Crippen molar-refractivity contribution in [1.82, 2.24) is 5.32 Å². The molecule has 5 aromatic rings. The second kappa shape index (κ2) is 9.58. The largest absolute Gasteiger partial charge is 0.374 e. The molecular formula is C38H29NS2. The fraction of sp³-hybridized carbons (Fsp3) is 0.105. The molecule has 0 aromatic heterocycles. The maximum absolute atomic E-state index is 3.86. The number of dihydropyridines is 1. The molecule has 1 nitrogen and oxygen atoms in total. The topological polar surface area (TPSA) is 12.0 Å². The lowest BCUT2D eigenvalue weighted by Crippen LogP contribution is -2.23. The highest BCUT2D eigenvalue weighted by molar-refractivity contribution is 8.05. The SMILES string of the molecule is CC1(C)c2cc(C3C=C(c4ccccc4)C=C(c4ccccc4)N3)ccc2-c2ccc3c(c21)Sc1ccccc1S3. The van der Waals surface area contributed by atoms with E-state index in [0.717, 1.165) is 5.70 Å². The van der Waals surface area contributed by atoms with Gasteiger partial charge in [-0.3, -0.25) is 0 Å². The van der Waals surface area contributed by atoms with Crippen LogP contribution in [0.15, 0.2) is 147 Å². The summed E-state index contributed by atoms with van der Waals surface area (Å²) in [6.07, 6.45) is 4.66. The van der Waals surface area contributed by atoms with Crippen molar-refractivity contribution in [3.05, 3.63) is 155 Å². The van der Waals surface area contributed by atoms with Gasteiger partial charge in [-0.05, 0) is 74.9 Å². The molecule has 1 N–H and O–H groups in total. The van der Waals surface area contributed by atoms with Gasteiger partial charge in [-0.15, -0.1) is 0 Å². The van der Waals surface area contributed by atoms with Gasteiger partial charge < -0.3 is 5.32 Å². The van der Waals surface area contributed by atoms with Crippen molar-refractivity contribution in [2.24, 2.45) is 0 Å². The highest BCUT2D eigenvalue weighted by atomic mass is 32.2. The minimum Gasteiger partial charge on any atom is -0.374 e. The number of allylic oxidation sites excluding steroid dienone is 2. The standard InChI is InChI=1S/C38H29NS2/c1-38(2)30-21-26(32-23-27(24-11-5-3-6-12-24)22-31(39-32)25-13-7-4-8-14-25)17-18-28(30)29-19-20-35-37(36(29)38)41-34-16-10-9-15-33(34)40-35/h3-23,32,39H,1-2H3. The smallest absolute Gasteiger partial charge is 0.0707 e. The normalized spacial score (nSPS) is 17.8. The van der Waals surface area contributed by atoms with E-state index >= 15 is 0 Å². The van der Waals surface area contributed by atoms with E-state index < -0.39 is 0 Å². The molecule has 0 radical (unpaired) electrons. The Bertz CT molecular complexity index is 1880. The maximum atomic E-state index is 3.86. The van der Waals surface area contributed by atoms with Crippen molar-refractivity contribution >= 4 is 34.8 Å². The highest BCUT2D eigenvalue weighted by Gasteiger charge is 2.40. The monoisotopic (exact) mass is 563 g/mol. The Morgan fingerprint density at radius 2 is 1.29 bits per heavy atom. The molecule has 3 heteroatoms. The minimum atomic E-state index is -0.0927. The molecule has 0 saturated carbocycles. The van der Waals surface area contributed by atoms with Crippen molar-refractivity contribution in [2.75, 3.05) is 0 Å². The van der Waals surface area contributed by atoms with Gasteiger partial charge in [-0.2, -0.15) is 0 Å². The first-order valence-electron chi connectivity index (χ1n) is 14.1. The van der Waals surface area contributed by atoms with Gasteiger partial charge in [-0.1, -0.05) is 134 Å². The fourth-order valence-electron chi connectivity index (χ4n) is 6.49. The van der Waals surface area contributed by atoms with E-state index in [0.29, 0.717) is 0 Å². The van der Waals surface area contributed by atoms with Gasteiger partial charge in [0.05, 0.1) is 6.04 Å². The van der Waals surface area contributed by atoms with E-state index in [1.54, 1.807) is 0 Å². The average molecular weight is 564 g/mol. The van der Waals surface area contributed by atoms with Crippen molar-refractivity contribution in [2.45, 2.75) is 44.9 Å². The molecule has 1 aliphatic carbocycles. The first-order valence-corrected chi connectivity index (χ1v) is 15.8. The van der Waals surface area contributed by atoms with E-state index in [4.69, 9.17) is 0 Å². The van der Waals surface area contributed by atoms with E-state index in [9.17, 15) is 0 Å². The summed E-state index contributed by atoms with van der Waals surface area (Å²) in [5, 5.41) is 3.86. The second-order valence-corrected chi connectivity index (χ2v) is 13.6. The Kier molecular flexibility index (Phi) is 5.80. The molecule has 1 atom stereocenters. The zero-order valence-electron chi connectivity index (χ0n) is 23.0. The number of hydrogen-bond donors (Lipinski definition) is 1.